The van der Waals surface area contributed by atoms with Crippen molar-refractivity contribution in [2.24, 2.45) is 0 Å². The number of carbonyl (C=O) groups excluding carboxylic acids is 1. The van der Waals surface area contributed by atoms with Gasteiger partial charge < -0.3 is 19.0 Å². The third-order valence-corrected chi connectivity index (χ3v) is 4.04. The van der Waals surface area contributed by atoms with E-state index in [1.165, 1.54) is 0 Å². The molecule has 2 aliphatic rings. The molecule has 0 aliphatic carbocycles. The zero-order valence-corrected chi connectivity index (χ0v) is 12.5. The van der Waals surface area contributed by atoms with E-state index in [2.05, 4.69) is 15.1 Å². The van der Waals surface area contributed by atoms with Crippen LogP contribution in [0.4, 0.5) is 6.01 Å². The van der Waals surface area contributed by atoms with Crippen LogP contribution in [0.25, 0.3) is 0 Å². The Bertz CT molecular complexity index is 484. The van der Waals surface area contributed by atoms with E-state index in [1.807, 2.05) is 11.8 Å². The molecule has 0 aromatic carbocycles. The summed E-state index contributed by atoms with van der Waals surface area (Å²) in [6.07, 6.45) is 3.25. The lowest BCUT2D eigenvalue weighted by atomic mass is 10.2. The second-order valence-electron chi connectivity index (χ2n) is 5.50. The van der Waals surface area contributed by atoms with Crippen LogP contribution in [-0.2, 0) is 16.0 Å². The maximum Gasteiger partial charge on any atom is 0.318 e. The number of carbonyl (C=O) groups is 1. The molecule has 0 spiro atoms. The van der Waals surface area contributed by atoms with Gasteiger partial charge >= 0.3 is 6.01 Å². The Balaban J connectivity index is 1.59. The molecule has 1 aromatic heterocycles. The van der Waals surface area contributed by atoms with Crippen LogP contribution in [0, 0.1) is 0 Å². The van der Waals surface area contributed by atoms with Gasteiger partial charge in [-0.25, -0.2) is 0 Å². The molecule has 2 saturated heterocycles. The molecule has 7 heteroatoms. The van der Waals surface area contributed by atoms with Crippen LogP contribution >= 0.6 is 0 Å². The molecular formula is C14H22N4O3. The standard InChI is InChI=1S/C14H22N4O3/c1-2-12-15-16-14(21-12)18-7-4-6-17(8-9-18)13(19)11-5-3-10-20-11/h11H,2-10H2,1H3. The molecule has 21 heavy (non-hydrogen) atoms. The van der Waals surface area contributed by atoms with Crippen LogP contribution in [0.1, 0.15) is 32.1 Å². The Morgan fingerprint density at radius 1 is 1.24 bits per heavy atom. The summed E-state index contributed by atoms with van der Waals surface area (Å²) >= 11 is 0. The molecule has 1 unspecified atom stereocenters. The van der Waals surface area contributed by atoms with Crippen LogP contribution in [-0.4, -0.2) is 59.9 Å². The van der Waals surface area contributed by atoms with Crippen molar-refractivity contribution in [2.45, 2.75) is 38.7 Å². The molecule has 1 aromatic rings. The minimum Gasteiger partial charge on any atom is -0.408 e. The van der Waals surface area contributed by atoms with E-state index in [-0.39, 0.29) is 12.0 Å². The zero-order chi connectivity index (χ0) is 14.7. The minimum absolute atomic E-state index is 0.133. The fraction of sp³-hybridized carbons (Fsp3) is 0.786. The summed E-state index contributed by atoms with van der Waals surface area (Å²) in [4.78, 5) is 16.4. The Labute approximate surface area is 124 Å². The Hall–Kier alpha value is -1.63. The lowest BCUT2D eigenvalue weighted by Crippen LogP contribution is -2.41. The molecule has 0 bridgehead atoms. The fourth-order valence-electron chi connectivity index (χ4n) is 2.82. The molecule has 0 radical (unpaired) electrons. The third-order valence-electron chi connectivity index (χ3n) is 4.04. The van der Waals surface area contributed by atoms with Crippen molar-refractivity contribution < 1.29 is 13.9 Å². The fourth-order valence-corrected chi connectivity index (χ4v) is 2.82. The van der Waals surface area contributed by atoms with Gasteiger partial charge in [0.05, 0.1) is 0 Å². The largest absolute Gasteiger partial charge is 0.408 e. The van der Waals surface area contributed by atoms with Crippen molar-refractivity contribution in [1.29, 1.82) is 0 Å². The van der Waals surface area contributed by atoms with Crippen LogP contribution in [0.3, 0.4) is 0 Å². The molecule has 2 fully saturated rings. The Morgan fingerprint density at radius 3 is 2.86 bits per heavy atom. The molecule has 1 amide bonds. The number of rotatable bonds is 3. The van der Waals surface area contributed by atoms with E-state index in [4.69, 9.17) is 9.15 Å². The summed E-state index contributed by atoms with van der Waals surface area (Å²) < 4.78 is 11.1. The first-order chi connectivity index (χ1) is 10.3. The van der Waals surface area contributed by atoms with E-state index in [1.54, 1.807) is 0 Å². The van der Waals surface area contributed by atoms with Crippen LogP contribution in [0.5, 0.6) is 0 Å². The number of aromatic nitrogens is 2. The Morgan fingerprint density at radius 2 is 2.14 bits per heavy atom. The molecule has 0 saturated carbocycles. The van der Waals surface area contributed by atoms with Gasteiger partial charge in [0.2, 0.25) is 5.89 Å². The quantitative estimate of drug-likeness (QED) is 0.823. The lowest BCUT2D eigenvalue weighted by molar-refractivity contribution is -0.140. The first-order valence-corrected chi connectivity index (χ1v) is 7.75. The predicted molar refractivity (Wildman–Crippen MR) is 76.1 cm³/mol. The van der Waals surface area contributed by atoms with E-state index in [9.17, 15) is 4.79 Å². The number of hydrogen-bond acceptors (Lipinski definition) is 6. The average molecular weight is 294 g/mol. The molecule has 1 atom stereocenters. The highest BCUT2D eigenvalue weighted by atomic mass is 16.5. The highest BCUT2D eigenvalue weighted by Gasteiger charge is 2.30. The number of nitrogens with zero attached hydrogens (tertiary/aromatic N) is 4. The van der Waals surface area contributed by atoms with Gasteiger partial charge in [0.1, 0.15) is 6.10 Å². The maximum atomic E-state index is 12.4. The molecule has 0 N–H and O–H groups in total. The number of aryl methyl sites for hydroxylation is 1. The molecule has 116 valence electrons. The van der Waals surface area contributed by atoms with Crippen LogP contribution in [0.2, 0.25) is 0 Å². The summed E-state index contributed by atoms with van der Waals surface area (Å²) in [5.74, 6) is 0.788. The second kappa shape index (κ2) is 6.43. The van der Waals surface area contributed by atoms with Gasteiger partial charge in [-0.15, -0.1) is 5.10 Å². The number of ether oxygens (including phenoxy) is 1. The van der Waals surface area contributed by atoms with E-state index in [0.29, 0.717) is 25.1 Å². The minimum atomic E-state index is -0.230. The topological polar surface area (TPSA) is 71.7 Å². The molecular weight excluding hydrogens is 272 g/mol. The number of amides is 1. The SMILES string of the molecule is CCc1nnc(N2CCCN(C(=O)C3CCCO3)CC2)o1. The number of hydrogen-bond donors (Lipinski definition) is 0. The van der Waals surface area contributed by atoms with E-state index in [0.717, 1.165) is 45.3 Å². The highest BCUT2D eigenvalue weighted by Crippen LogP contribution is 2.18. The molecule has 3 heterocycles. The second-order valence-corrected chi connectivity index (χ2v) is 5.50. The summed E-state index contributed by atoms with van der Waals surface area (Å²) in [6, 6.07) is 0.568. The van der Waals surface area contributed by atoms with Gasteiger partial charge in [0.15, 0.2) is 0 Å². The van der Waals surface area contributed by atoms with Gasteiger partial charge in [-0.1, -0.05) is 12.0 Å². The first-order valence-electron chi connectivity index (χ1n) is 7.75. The van der Waals surface area contributed by atoms with E-state index >= 15 is 0 Å². The zero-order valence-electron chi connectivity index (χ0n) is 12.5. The van der Waals surface area contributed by atoms with Gasteiger partial charge in [-0.2, -0.15) is 0 Å². The van der Waals surface area contributed by atoms with Crippen LogP contribution < -0.4 is 4.90 Å². The average Bonchev–Trinajstić information content (AvgIpc) is 3.14. The Kier molecular flexibility index (Phi) is 4.38. The van der Waals surface area contributed by atoms with Crippen LogP contribution in [0.15, 0.2) is 4.42 Å². The first kappa shape index (κ1) is 14.3. The predicted octanol–water partition coefficient (Wildman–Crippen LogP) is 0.850. The molecule has 3 rings (SSSR count). The molecule has 7 nitrogen and oxygen atoms in total. The summed E-state index contributed by atoms with van der Waals surface area (Å²) in [6.45, 7) is 5.71. The van der Waals surface area contributed by atoms with Gasteiger partial charge in [0.25, 0.3) is 5.91 Å². The van der Waals surface area contributed by atoms with Crippen molar-refractivity contribution in [3.8, 4) is 0 Å². The van der Waals surface area contributed by atoms with E-state index < -0.39 is 0 Å². The van der Waals surface area contributed by atoms with Crippen molar-refractivity contribution in [3.05, 3.63) is 5.89 Å². The van der Waals surface area contributed by atoms with Gasteiger partial charge in [-0.3, -0.25) is 4.79 Å². The smallest absolute Gasteiger partial charge is 0.318 e. The third kappa shape index (κ3) is 3.18. The summed E-state index contributed by atoms with van der Waals surface area (Å²) in [5.41, 5.74) is 0. The van der Waals surface area contributed by atoms with Gasteiger partial charge in [0, 0.05) is 39.2 Å². The maximum absolute atomic E-state index is 12.4. The molecule has 2 aliphatic heterocycles. The van der Waals surface area contributed by atoms with Crippen molar-refractivity contribution >= 4 is 11.9 Å². The number of anilines is 1. The van der Waals surface area contributed by atoms with Crippen molar-refractivity contribution in [3.63, 3.8) is 0 Å². The summed E-state index contributed by atoms with van der Waals surface area (Å²) in [7, 11) is 0. The normalized spacial score (nSPS) is 23.4. The highest BCUT2D eigenvalue weighted by molar-refractivity contribution is 5.81. The van der Waals surface area contributed by atoms with Crippen molar-refractivity contribution in [1.82, 2.24) is 15.1 Å². The van der Waals surface area contributed by atoms with Crippen molar-refractivity contribution in [2.75, 3.05) is 37.7 Å². The van der Waals surface area contributed by atoms with Gasteiger partial charge in [-0.05, 0) is 19.3 Å². The lowest BCUT2D eigenvalue weighted by Gasteiger charge is -2.23. The summed E-state index contributed by atoms with van der Waals surface area (Å²) in [5, 5.41) is 8.08. The monoisotopic (exact) mass is 294 g/mol.